The molecule has 1 fully saturated rings. The van der Waals surface area contributed by atoms with E-state index < -0.39 is 22.7 Å². The molecular formula is C42H41N11O3S2. The number of carbonyl (C=O) groups excluding carboxylic acids is 1. The van der Waals surface area contributed by atoms with Crippen molar-refractivity contribution in [3.63, 3.8) is 0 Å². The van der Waals surface area contributed by atoms with Gasteiger partial charge in [-0.05, 0) is 110 Å². The summed E-state index contributed by atoms with van der Waals surface area (Å²) in [5.74, 6) is 1.66. The molecule has 0 saturated carbocycles. The second-order valence-corrected chi connectivity index (χ2v) is 16.4. The van der Waals surface area contributed by atoms with Crippen LogP contribution in [0.5, 0.6) is 0 Å². The molecule has 2 aromatic heterocycles. The van der Waals surface area contributed by atoms with Crippen molar-refractivity contribution in [2.45, 2.75) is 28.6 Å². The van der Waals surface area contributed by atoms with Crippen LogP contribution in [0, 0.1) is 0 Å². The van der Waals surface area contributed by atoms with E-state index in [2.05, 4.69) is 40.6 Å². The van der Waals surface area contributed by atoms with Gasteiger partial charge in [-0.1, -0.05) is 24.3 Å². The molecule has 0 aliphatic carbocycles. The van der Waals surface area contributed by atoms with Crippen LogP contribution in [0.1, 0.15) is 34.1 Å². The quantitative estimate of drug-likeness (QED) is 0.0444. The van der Waals surface area contributed by atoms with Gasteiger partial charge in [-0.2, -0.15) is 4.98 Å². The van der Waals surface area contributed by atoms with Crippen LogP contribution in [0.25, 0.3) is 11.0 Å². The van der Waals surface area contributed by atoms with E-state index in [4.69, 9.17) is 11.5 Å². The van der Waals surface area contributed by atoms with Gasteiger partial charge in [0.05, 0.1) is 34.6 Å². The topological polar surface area (TPSA) is 221 Å². The summed E-state index contributed by atoms with van der Waals surface area (Å²) in [5.41, 5.74) is 18.1. The van der Waals surface area contributed by atoms with Gasteiger partial charge < -0.3 is 41.5 Å². The van der Waals surface area contributed by atoms with E-state index in [1.54, 1.807) is 54.7 Å². The molecule has 0 spiro atoms. The minimum atomic E-state index is -1.55. The number of aromatic nitrogens is 4. The van der Waals surface area contributed by atoms with E-state index in [9.17, 15) is 13.9 Å². The molecule has 14 nitrogen and oxygen atoms in total. The lowest BCUT2D eigenvalue weighted by atomic mass is 9.98. The smallest absolute Gasteiger partial charge is 0.255 e. The van der Waals surface area contributed by atoms with Crippen LogP contribution in [0.2, 0.25) is 0 Å². The number of imidazole rings is 1. The third kappa shape index (κ3) is 9.34. The summed E-state index contributed by atoms with van der Waals surface area (Å²) in [7, 11) is 0. The van der Waals surface area contributed by atoms with Gasteiger partial charge in [-0.15, -0.1) is 4.31 Å². The Balaban J connectivity index is 0.848. The van der Waals surface area contributed by atoms with E-state index in [-0.39, 0.29) is 11.8 Å². The Morgan fingerprint density at radius 1 is 0.828 bits per heavy atom. The molecule has 8 rings (SSSR count). The second-order valence-electron chi connectivity index (χ2n) is 13.7. The van der Waals surface area contributed by atoms with Crippen LogP contribution in [-0.4, -0.2) is 58.9 Å². The monoisotopic (exact) mass is 811 g/mol. The zero-order valence-corrected chi connectivity index (χ0v) is 32.9. The van der Waals surface area contributed by atoms with Gasteiger partial charge in [0.25, 0.3) is 5.91 Å². The molecule has 16 heteroatoms. The van der Waals surface area contributed by atoms with Crippen LogP contribution in [0.3, 0.4) is 0 Å². The number of nitrogens with zero attached hydrogens (tertiary/aromatic N) is 4. The van der Waals surface area contributed by atoms with Crippen molar-refractivity contribution in [1.82, 2.24) is 24.2 Å². The van der Waals surface area contributed by atoms with Crippen LogP contribution in [0.15, 0.2) is 137 Å². The molecule has 3 unspecified atom stereocenters. The molecule has 7 aromatic rings. The molecular weight excluding hydrogens is 771 g/mol. The summed E-state index contributed by atoms with van der Waals surface area (Å²) >= 11 is -2.94. The number of anilines is 7. The molecule has 1 aliphatic heterocycles. The van der Waals surface area contributed by atoms with Gasteiger partial charge in [0.2, 0.25) is 5.95 Å². The largest absolute Gasteiger partial charge is 0.593 e. The Labute approximate surface area is 341 Å². The van der Waals surface area contributed by atoms with Crippen LogP contribution >= 0.6 is 0 Å². The summed E-state index contributed by atoms with van der Waals surface area (Å²) in [5, 5.41) is 9.36. The lowest BCUT2D eigenvalue weighted by molar-refractivity contribution is 0.102. The van der Waals surface area contributed by atoms with E-state index in [1.165, 1.54) is 0 Å². The highest BCUT2D eigenvalue weighted by Crippen LogP contribution is 2.33. The highest BCUT2D eigenvalue weighted by atomic mass is 32.2. The fourth-order valence-corrected chi connectivity index (χ4v) is 8.86. The van der Waals surface area contributed by atoms with Crippen molar-refractivity contribution in [2.75, 3.05) is 46.0 Å². The third-order valence-electron chi connectivity index (χ3n) is 9.56. The summed E-state index contributed by atoms with van der Waals surface area (Å²) in [6, 6.07) is 36.7. The predicted molar refractivity (Wildman–Crippen MR) is 231 cm³/mol. The summed E-state index contributed by atoms with van der Waals surface area (Å²) < 4.78 is 32.2. The first kappa shape index (κ1) is 38.7. The van der Waals surface area contributed by atoms with Gasteiger partial charge >= 0.3 is 0 Å². The zero-order chi connectivity index (χ0) is 40.0. The first-order valence-electron chi connectivity index (χ1n) is 18.6. The Morgan fingerprint density at radius 2 is 1.62 bits per heavy atom. The molecule has 3 heterocycles. The highest BCUT2D eigenvalue weighted by Gasteiger charge is 2.33. The number of nitrogens with one attached hydrogen (secondary N) is 5. The third-order valence-corrected chi connectivity index (χ3v) is 12.1. The minimum Gasteiger partial charge on any atom is -0.593 e. The number of nitrogen functional groups attached to an aromatic ring is 1. The molecule has 0 radical (unpaired) electrons. The van der Waals surface area contributed by atoms with Crippen LogP contribution in [-0.2, 0) is 29.1 Å². The summed E-state index contributed by atoms with van der Waals surface area (Å²) in [6.45, 7) is 1.75. The van der Waals surface area contributed by atoms with Gasteiger partial charge in [0.15, 0.2) is 9.79 Å². The number of hydrogen-bond donors (Lipinski definition) is 7. The van der Waals surface area contributed by atoms with Crippen LogP contribution in [0.4, 0.5) is 40.2 Å². The number of hydrogen-bond acceptors (Lipinski definition) is 12. The van der Waals surface area contributed by atoms with Crippen molar-refractivity contribution in [2.24, 2.45) is 5.73 Å². The SMILES string of the molecule is NCCc1nc2ccc(C(=O)Nc3ccc([S+]([O-])Nc4cccc(C5CCN([S+]([O-])c6cccc(Nc7nccc(Nc8cccc(N)c8)n7)c6)C5)c4)cc3)cc2[nH]1. The standard InChI is InChI=1S/C42H41N11O3S2/c43-19-16-39-49-37-15-10-28(23-38(37)50-39)41(54)47-31-11-13-35(14-12-31)57(55)52-34-8-1-4-27(22-34)29-18-21-53(26-29)58(56)36-9-3-7-33(25-36)48-42-45-20-17-40(51-42)46-32-6-2-5-30(44)24-32/h1-15,17,20,22-25,29,52H,16,18-19,21,26,43-44H2,(H,47,54)(H,49,50)(H2,45,46,48,51). The van der Waals surface area contributed by atoms with Crippen molar-refractivity contribution in [3.05, 3.63) is 144 Å². The predicted octanol–water partition coefficient (Wildman–Crippen LogP) is 6.82. The maximum absolute atomic E-state index is 13.8. The highest BCUT2D eigenvalue weighted by molar-refractivity contribution is 7.92. The lowest BCUT2D eigenvalue weighted by Crippen LogP contribution is -2.28. The number of rotatable bonds is 14. The Kier molecular flexibility index (Phi) is 11.7. The number of aromatic amines is 1. The number of amides is 1. The number of fused-ring (bicyclic) bond motifs is 1. The van der Waals surface area contributed by atoms with E-state index in [1.807, 2.05) is 77.1 Å². The molecule has 3 atom stereocenters. The van der Waals surface area contributed by atoms with Gasteiger partial charge in [-0.3, -0.25) is 4.79 Å². The van der Waals surface area contributed by atoms with Crippen molar-refractivity contribution in [1.29, 1.82) is 0 Å². The molecule has 9 N–H and O–H groups in total. The lowest BCUT2D eigenvalue weighted by Gasteiger charge is -2.20. The maximum atomic E-state index is 13.8. The fraction of sp³-hybridized carbons (Fsp3) is 0.143. The molecule has 58 heavy (non-hydrogen) atoms. The first-order valence-corrected chi connectivity index (χ1v) is 20.9. The molecule has 1 aliphatic rings. The Hall–Kier alpha value is -6.14. The number of benzene rings is 5. The molecule has 0 bridgehead atoms. The first-order chi connectivity index (χ1) is 28.3. The minimum absolute atomic E-state index is 0.147. The van der Waals surface area contributed by atoms with Crippen molar-refractivity contribution < 1.29 is 13.9 Å². The number of carbonyl (C=O) groups is 1. The summed E-state index contributed by atoms with van der Waals surface area (Å²) in [4.78, 5) is 30.8. The van der Waals surface area contributed by atoms with E-state index in [0.717, 1.165) is 40.2 Å². The van der Waals surface area contributed by atoms with Gasteiger partial charge in [0.1, 0.15) is 23.0 Å². The van der Waals surface area contributed by atoms with Crippen molar-refractivity contribution in [3.8, 4) is 0 Å². The molecule has 294 valence electrons. The van der Waals surface area contributed by atoms with E-state index in [0.29, 0.717) is 70.2 Å². The Bertz CT molecular complexity index is 2540. The van der Waals surface area contributed by atoms with Gasteiger partial charge in [0, 0.05) is 59.5 Å². The summed E-state index contributed by atoms with van der Waals surface area (Å²) in [6.07, 6.45) is 3.11. The molecule has 5 aromatic carbocycles. The number of nitrogens with two attached hydrogens (primary N) is 2. The zero-order valence-electron chi connectivity index (χ0n) is 31.2. The average molecular weight is 812 g/mol. The molecule has 1 saturated heterocycles. The second kappa shape index (κ2) is 17.6. The number of H-pyrrole nitrogens is 1. The van der Waals surface area contributed by atoms with Gasteiger partial charge in [-0.25, -0.2) is 14.7 Å². The van der Waals surface area contributed by atoms with Crippen molar-refractivity contribution >= 4 is 79.9 Å². The average Bonchev–Trinajstić information content (AvgIpc) is 3.89. The van der Waals surface area contributed by atoms with Crippen LogP contribution < -0.4 is 32.1 Å². The Morgan fingerprint density at radius 3 is 2.45 bits per heavy atom. The fourth-order valence-electron chi connectivity index (χ4n) is 6.71. The molecule has 1 amide bonds. The maximum Gasteiger partial charge on any atom is 0.255 e. The van der Waals surface area contributed by atoms with E-state index >= 15 is 0 Å². The normalized spacial score (nSPS) is 15.2.